The second kappa shape index (κ2) is 7.51. The standard InChI is InChI=1S/C16H25NO2/c1-3-17-15(10-14-7-8-19-12-14)9-13-5-4-6-16(11-13)18-2/h4-6,11,14-15,17H,3,7-10,12H2,1-2H3. The molecule has 2 rings (SSSR count). The van der Waals surface area contributed by atoms with Crippen molar-refractivity contribution >= 4 is 0 Å². The highest BCUT2D eigenvalue weighted by Gasteiger charge is 2.20. The van der Waals surface area contributed by atoms with Crippen LogP contribution in [0.1, 0.15) is 25.3 Å². The van der Waals surface area contributed by atoms with Gasteiger partial charge in [-0.15, -0.1) is 0 Å². The molecule has 0 amide bonds. The van der Waals surface area contributed by atoms with E-state index in [1.54, 1.807) is 7.11 Å². The van der Waals surface area contributed by atoms with Crippen molar-refractivity contribution in [2.45, 2.75) is 32.2 Å². The number of rotatable bonds is 7. The van der Waals surface area contributed by atoms with Gasteiger partial charge in [0.05, 0.1) is 7.11 Å². The van der Waals surface area contributed by atoms with Crippen molar-refractivity contribution in [3.8, 4) is 5.75 Å². The van der Waals surface area contributed by atoms with E-state index in [1.807, 2.05) is 6.07 Å². The maximum absolute atomic E-state index is 5.48. The average molecular weight is 263 g/mol. The molecule has 2 unspecified atom stereocenters. The highest BCUT2D eigenvalue weighted by Crippen LogP contribution is 2.21. The fourth-order valence-electron chi connectivity index (χ4n) is 2.78. The Morgan fingerprint density at radius 2 is 2.37 bits per heavy atom. The third-order valence-electron chi connectivity index (χ3n) is 3.75. The van der Waals surface area contributed by atoms with Crippen LogP contribution in [0, 0.1) is 5.92 Å². The fraction of sp³-hybridized carbons (Fsp3) is 0.625. The van der Waals surface area contributed by atoms with Gasteiger partial charge in [0.1, 0.15) is 5.75 Å². The van der Waals surface area contributed by atoms with E-state index in [4.69, 9.17) is 9.47 Å². The largest absolute Gasteiger partial charge is 0.497 e. The second-order valence-corrected chi connectivity index (χ2v) is 5.28. The van der Waals surface area contributed by atoms with Crippen LogP contribution in [0.4, 0.5) is 0 Å². The summed E-state index contributed by atoms with van der Waals surface area (Å²) < 4.78 is 10.8. The Bertz CT molecular complexity index is 375. The first-order valence-corrected chi connectivity index (χ1v) is 7.26. The number of ether oxygens (including phenoxy) is 2. The minimum absolute atomic E-state index is 0.531. The summed E-state index contributed by atoms with van der Waals surface area (Å²) in [5.41, 5.74) is 1.34. The summed E-state index contributed by atoms with van der Waals surface area (Å²) in [6.45, 7) is 5.05. The van der Waals surface area contributed by atoms with Gasteiger partial charge >= 0.3 is 0 Å². The minimum Gasteiger partial charge on any atom is -0.497 e. The van der Waals surface area contributed by atoms with Gasteiger partial charge in [0.25, 0.3) is 0 Å². The van der Waals surface area contributed by atoms with Crippen LogP contribution in [0.25, 0.3) is 0 Å². The second-order valence-electron chi connectivity index (χ2n) is 5.28. The lowest BCUT2D eigenvalue weighted by molar-refractivity contribution is 0.181. The smallest absolute Gasteiger partial charge is 0.119 e. The molecule has 1 saturated heterocycles. The summed E-state index contributed by atoms with van der Waals surface area (Å²) >= 11 is 0. The van der Waals surface area contributed by atoms with Crippen LogP contribution in [-0.4, -0.2) is 32.9 Å². The molecule has 1 heterocycles. The van der Waals surface area contributed by atoms with Gasteiger partial charge in [0.2, 0.25) is 0 Å². The van der Waals surface area contributed by atoms with Crippen LogP contribution in [0.15, 0.2) is 24.3 Å². The Labute approximate surface area is 116 Å². The monoisotopic (exact) mass is 263 g/mol. The molecule has 1 aromatic carbocycles. The lowest BCUT2D eigenvalue weighted by Crippen LogP contribution is -2.33. The van der Waals surface area contributed by atoms with Crippen LogP contribution >= 0.6 is 0 Å². The molecule has 1 aromatic rings. The van der Waals surface area contributed by atoms with Crippen molar-refractivity contribution in [3.05, 3.63) is 29.8 Å². The molecule has 0 bridgehead atoms. The highest BCUT2D eigenvalue weighted by atomic mass is 16.5. The SMILES string of the molecule is CCNC(Cc1cccc(OC)c1)CC1CCOC1. The molecule has 106 valence electrons. The number of hydrogen-bond donors (Lipinski definition) is 1. The number of benzene rings is 1. The first-order valence-electron chi connectivity index (χ1n) is 7.26. The highest BCUT2D eigenvalue weighted by molar-refractivity contribution is 5.28. The summed E-state index contributed by atoms with van der Waals surface area (Å²) in [6, 6.07) is 8.91. The molecule has 0 aromatic heterocycles. The third kappa shape index (κ3) is 4.51. The van der Waals surface area contributed by atoms with Gasteiger partial charge in [-0.05, 0) is 49.4 Å². The van der Waals surface area contributed by atoms with Gasteiger partial charge in [0, 0.05) is 19.3 Å². The topological polar surface area (TPSA) is 30.5 Å². The number of methoxy groups -OCH3 is 1. The van der Waals surface area contributed by atoms with E-state index in [0.717, 1.165) is 37.8 Å². The van der Waals surface area contributed by atoms with Gasteiger partial charge in [-0.1, -0.05) is 19.1 Å². The predicted octanol–water partition coefficient (Wildman–Crippen LogP) is 2.64. The van der Waals surface area contributed by atoms with E-state index in [1.165, 1.54) is 18.4 Å². The molecule has 1 aliphatic heterocycles. The Morgan fingerprint density at radius 3 is 3.05 bits per heavy atom. The van der Waals surface area contributed by atoms with Crippen LogP contribution in [0.5, 0.6) is 5.75 Å². The van der Waals surface area contributed by atoms with Crippen molar-refractivity contribution in [2.75, 3.05) is 26.9 Å². The van der Waals surface area contributed by atoms with Crippen molar-refractivity contribution in [3.63, 3.8) is 0 Å². The molecule has 2 atom stereocenters. The zero-order chi connectivity index (χ0) is 13.5. The normalized spacial score (nSPS) is 20.4. The predicted molar refractivity (Wildman–Crippen MR) is 77.7 cm³/mol. The van der Waals surface area contributed by atoms with E-state index in [9.17, 15) is 0 Å². The molecular weight excluding hydrogens is 238 g/mol. The Balaban J connectivity index is 1.94. The zero-order valence-electron chi connectivity index (χ0n) is 12.0. The molecule has 1 N–H and O–H groups in total. The van der Waals surface area contributed by atoms with E-state index in [2.05, 4.69) is 30.4 Å². The summed E-state index contributed by atoms with van der Waals surface area (Å²) in [5, 5.41) is 3.60. The molecule has 3 nitrogen and oxygen atoms in total. The van der Waals surface area contributed by atoms with Crippen molar-refractivity contribution < 1.29 is 9.47 Å². The van der Waals surface area contributed by atoms with Gasteiger partial charge in [-0.2, -0.15) is 0 Å². The van der Waals surface area contributed by atoms with E-state index in [-0.39, 0.29) is 0 Å². The fourth-order valence-corrected chi connectivity index (χ4v) is 2.78. The summed E-state index contributed by atoms with van der Waals surface area (Å²) in [7, 11) is 1.72. The first-order chi connectivity index (χ1) is 9.31. The molecule has 19 heavy (non-hydrogen) atoms. The molecule has 0 radical (unpaired) electrons. The third-order valence-corrected chi connectivity index (χ3v) is 3.75. The maximum atomic E-state index is 5.48. The molecular formula is C16H25NO2. The van der Waals surface area contributed by atoms with Crippen LogP contribution in [-0.2, 0) is 11.2 Å². The summed E-state index contributed by atoms with van der Waals surface area (Å²) in [6.07, 6.45) is 3.46. The molecule has 0 spiro atoms. The van der Waals surface area contributed by atoms with Gasteiger partial charge < -0.3 is 14.8 Å². The van der Waals surface area contributed by atoms with E-state index >= 15 is 0 Å². The Morgan fingerprint density at radius 1 is 1.47 bits per heavy atom. The molecule has 1 fully saturated rings. The Hall–Kier alpha value is -1.06. The average Bonchev–Trinajstić information content (AvgIpc) is 2.92. The lowest BCUT2D eigenvalue weighted by atomic mass is 9.94. The molecule has 0 saturated carbocycles. The maximum Gasteiger partial charge on any atom is 0.119 e. The number of nitrogens with one attached hydrogen (secondary N) is 1. The quantitative estimate of drug-likeness (QED) is 0.820. The Kier molecular flexibility index (Phi) is 5.67. The van der Waals surface area contributed by atoms with Crippen LogP contribution < -0.4 is 10.1 Å². The number of likely N-dealkylation sites (N-methyl/N-ethyl adjacent to an activating group) is 1. The van der Waals surface area contributed by atoms with E-state index < -0.39 is 0 Å². The van der Waals surface area contributed by atoms with Crippen molar-refractivity contribution in [1.82, 2.24) is 5.32 Å². The van der Waals surface area contributed by atoms with E-state index in [0.29, 0.717) is 6.04 Å². The molecule has 0 aliphatic carbocycles. The minimum atomic E-state index is 0.531. The van der Waals surface area contributed by atoms with Gasteiger partial charge in [0.15, 0.2) is 0 Å². The zero-order valence-corrected chi connectivity index (χ0v) is 12.0. The van der Waals surface area contributed by atoms with Crippen molar-refractivity contribution in [1.29, 1.82) is 0 Å². The molecule has 3 heteroatoms. The molecule has 1 aliphatic rings. The summed E-state index contributed by atoms with van der Waals surface area (Å²) in [5.74, 6) is 1.66. The van der Waals surface area contributed by atoms with Gasteiger partial charge in [-0.3, -0.25) is 0 Å². The van der Waals surface area contributed by atoms with Crippen LogP contribution in [0.3, 0.4) is 0 Å². The van der Waals surface area contributed by atoms with Gasteiger partial charge in [-0.25, -0.2) is 0 Å². The number of hydrogen-bond acceptors (Lipinski definition) is 3. The lowest BCUT2D eigenvalue weighted by Gasteiger charge is -2.21. The van der Waals surface area contributed by atoms with Crippen LogP contribution in [0.2, 0.25) is 0 Å². The summed E-state index contributed by atoms with van der Waals surface area (Å²) in [4.78, 5) is 0. The van der Waals surface area contributed by atoms with Crippen molar-refractivity contribution in [2.24, 2.45) is 5.92 Å². The first kappa shape index (κ1) is 14.4.